The monoisotopic (exact) mass is 260 g/mol. The third-order valence-electron chi connectivity index (χ3n) is 2.68. The van der Waals surface area contributed by atoms with Gasteiger partial charge < -0.3 is 5.32 Å². The standard InChI is InChI=1S/C12H13FN6/c1-8(2)18-7-10(5-14-18)15-12-16-11-4-3-9(13)6-19(11)17-12/h3-8H,1-2H3,(H,15,17). The average Bonchev–Trinajstić information content (AvgIpc) is 2.95. The van der Waals surface area contributed by atoms with Gasteiger partial charge in [0.05, 0.1) is 18.1 Å². The topological polar surface area (TPSA) is 60.0 Å². The first kappa shape index (κ1) is 11.6. The SMILES string of the molecule is CC(C)n1cc(Nc2nc3ccc(F)cn3n2)cn1. The van der Waals surface area contributed by atoms with Crippen LogP contribution in [0.3, 0.4) is 0 Å². The van der Waals surface area contributed by atoms with E-state index < -0.39 is 0 Å². The minimum absolute atomic E-state index is 0.290. The Morgan fingerprint density at radius 2 is 2.11 bits per heavy atom. The normalized spacial score (nSPS) is 11.4. The molecule has 0 aliphatic carbocycles. The van der Waals surface area contributed by atoms with Gasteiger partial charge in [0, 0.05) is 12.2 Å². The largest absolute Gasteiger partial charge is 0.320 e. The lowest BCUT2D eigenvalue weighted by molar-refractivity contribution is 0.532. The molecule has 0 atom stereocenters. The van der Waals surface area contributed by atoms with Gasteiger partial charge in [0.2, 0.25) is 5.95 Å². The van der Waals surface area contributed by atoms with E-state index in [2.05, 4.69) is 20.5 Å². The van der Waals surface area contributed by atoms with Gasteiger partial charge in [0.1, 0.15) is 5.82 Å². The van der Waals surface area contributed by atoms with E-state index in [1.165, 1.54) is 16.8 Å². The summed E-state index contributed by atoms with van der Waals surface area (Å²) in [5, 5.41) is 11.4. The molecule has 0 aliphatic rings. The van der Waals surface area contributed by atoms with E-state index in [9.17, 15) is 4.39 Å². The average molecular weight is 260 g/mol. The quantitative estimate of drug-likeness (QED) is 0.785. The highest BCUT2D eigenvalue weighted by Crippen LogP contribution is 2.15. The van der Waals surface area contributed by atoms with Gasteiger partial charge in [-0.3, -0.25) is 4.68 Å². The van der Waals surface area contributed by atoms with Crippen LogP contribution in [0.2, 0.25) is 0 Å². The summed E-state index contributed by atoms with van der Waals surface area (Å²) in [7, 11) is 0. The summed E-state index contributed by atoms with van der Waals surface area (Å²) in [5.41, 5.74) is 1.38. The molecule has 0 aromatic carbocycles. The van der Waals surface area contributed by atoms with Gasteiger partial charge in [0.15, 0.2) is 5.65 Å². The number of pyridine rings is 1. The molecule has 0 spiro atoms. The molecule has 0 fully saturated rings. The number of hydrogen-bond donors (Lipinski definition) is 1. The Kier molecular flexibility index (Phi) is 2.66. The molecule has 0 radical (unpaired) electrons. The van der Waals surface area contributed by atoms with Crippen LogP contribution in [0.15, 0.2) is 30.7 Å². The molecule has 6 nitrogen and oxygen atoms in total. The van der Waals surface area contributed by atoms with Crippen LogP contribution >= 0.6 is 0 Å². The van der Waals surface area contributed by atoms with Gasteiger partial charge in [-0.25, -0.2) is 8.91 Å². The molecule has 3 rings (SSSR count). The summed E-state index contributed by atoms with van der Waals surface area (Å²) in [6.45, 7) is 4.09. The van der Waals surface area contributed by atoms with Crippen molar-refractivity contribution in [1.82, 2.24) is 24.4 Å². The number of fused-ring (bicyclic) bond motifs is 1. The lowest BCUT2D eigenvalue weighted by atomic mass is 10.4. The molecule has 19 heavy (non-hydrogen) atoms. The third kappa shape index (κ3) is 2.26. The smallest absolute Gasteiger partial charge is 0.247 e. The van der Waals surface area contributed by atoms with Gasteiger partial charge in [-0.15, -0.1) is 5.10 Å². The molecule has 7 heteroatoms. The molecule has 98 valence electrons. The van der Waals surface area contributed by atoms with Crippen LogP contribution in [0.5, 0.6) is 0 Å². The Hall–Kier alpha value is -2.44. The number of halogens is 1. The van der Waals surface area contributed by atoms with E-state index in [0.717, 1.165) is 5.69 Å². The second-order valence-corrected chi connectivity index (χ2v) is 4.51. The molecule has 0 saturated carbocycles. The fraction of sp³-hybridized carbons (Fsp3) is 0.250. The Morgan fingerprint density at radius 1 is 1.26 bits per heavy atom. The first-order valence-corrected chi connectivity index (χ1v) is 5.95. The summed E-state index contributed by atoms with van der Waals surface area (Å²) < 4.78 is 16.3. The first-order chi connectivity index (χ1) is 9.11. The van der Waals surface area contributed by atoms with E-state index >= 15 is 0 Å². The van der Waals surface area contributed by atoms with Crippen molar-refractivity contribution < 1.29 is 4.39 Å². The molecule has 0 aliphatic heterocycles. The van der Waals surface area contributed by atoms with Gasteiger partial charge >= 0.3 is 0 Å². The van der Waals surface area contributed by atoms with E-state index in [1.807, 2.05) is 24.7 Å². The molecular formula is C12H13FN6. The Morgan fingerprint density at radius 3 is 2.84 bits per heavy atom. The number of nitrogens with zero attached hydrogens (tertiary/aromatic N) is 5. The molecule has 3 aromatic rings. The maximum atomic E-state index is 13.0. The maximum Gasteiger partial charge on any atom is 0.247 e. The van der Waals surface area contributed by atoms with Gasteiger partial charge in [-0.05, 0) is 26.0 Å². The lowest BCUT2D eigenvalue weighted by Crippen LogP contribution is -2.00. The number of hydrogen-bond acceptors (Lipinski definition) is 4. The molecule has 3 aromatic heterocycles. The number of nitrogens with one attached hydrogen (secondary N) is 1. The van der Waals surface area contributed by atoms with Crippen molar-refractivity contribution in [3.8, 4) is 0 Å². The predicted octanol–water partition coefficient (Wildman–Crippen LogP) is 2.39. The van der Waals surface area contributed by atoms with Gasteiger partial charge in [0.25, 0.3) is 0 Å². The highest BCUT2D eigenvalue weighted by atomic mass is 19.1. The van der Waals surface area contributed by atoms with Crippen molar-refractivity contribution in [3.05, 3.63) is 36.5 Å². The molecular weight excluding hydrogens is 247 g/mol. The number of rotatable bonds is 3. The predicted molar refractivity (Wildman–Crippen MR) is 68.8 cm³/mol. The van der Waals surface area contributed by atoms with Crippen LogP contribution in [0, 0.1) is 5.82 Å². The molecule has 0 unspecified atom stereocenters. The maximum absolute atomic E-state index is 13.0. The van der Waals surface area contributed by atoms with Crippen molar-refractivity contribution in [2.75, 3.05) is 5.32 Å². The van der Waals surface area contributed by atoms with Crippen molar-refractivity contribution in [2.45, 2.75) is 19.9 Å². The zero-order valence-electron chi connectivity index (χ0n) is 10.6. The van der Waals surface area contributed by atoms with Crippen LogP contribution in [0.1, 0.15) is 19.9 Å². The van der Waals surface area contributed by atoms with Crippen molar-refractivity contribution in [2.24, 2.45) is 0 Å². The first-order valence-electron chi connectivity index (χ1n) is 5.95. The van der Waals surface area contributed by atoms with Crippen LogP contribution in [0.4, 0.5) is 16.0 Å². The van der Waals surface area contributed by atoms with E-state index in [1.54, 1.807) is 12.3 Å². The summed E-state index contributed by atoms with van der Waals surface area (Å²) in [6, 6.07) is 3.22. The van der Waals surface area contributed by atoms with Crippen LogP contribution in [-0.2, 0) is 0 Å². The number of aromatic nitrogens is 5. The summed E-state index contributed by atoms with van der Waals surface area (Å²) >= 11 is 0. The summed E-state index contributed by atoms with van der Waals surface area (Å²) in [4.78, 5) is 4.24. The van der Waals surface area contributed by atoms with E-state index in [-0.39, 0.29) is 5.82 Å². The summed E-state index contributed by atoms with van der Waals surface area (Å²) in [6.07, 6.45) is 4.86. The van der Waals surface area contributed by atoms with E-state index in [0.29, 0.717) is 17.6 Å². The number of anilines is 2. The minimum Gasteiger partial charge on any atom is -0.320 e. The highest BCUT2D eigenvalue weighted by Gasteiger charge is 2.07. The fourth-order valence-corrected chi connectivity index (χ4v) is 1.73. The zero-order valence-corrected chi connectivity index (χ0v) is 10.6. The van der Waals surface area contributed by atoms with Crippen LogP contribution in [0.25, 0.3) is 5.65 Å². The lowest BCUT2D eigenvalue weighted by Gasteiger charge is -2.02. The Balaban J connectivity index is 1.87. The van der Waals surface area contributed by atoms with Gasteiger partial charge in [-0.1, -0.05) is 0 Å². The Labute approximate surface area is 108 Å². The van der Waals surface area contributed by atoms with E-state index in [4.69, 9.17) is 0 Å². The van der Waals surface area contributed by atoms with Gasteiger partial charge in [-0.2, -0.15) is 10.1 Å². The molecule has 0 bridgehead atoms. The second-order valence-electron chi connectivity index (χ2n) is 4.51. The van der Waals surface area contributed by atoms with Crippen LogP contribution < -0.4 is 5.32 Å². The van der Waals surface area contributed by atoms with Crippen molar-refractivity contribution >= 4 is 17.3 Å². The fourth-order valence-electron chi connectivity index (χ4n) is 1.73. The molecule has 1 N–H and O–H groups in total. The second kappa shape index (κ2) is 4.34. The van der Waals surface area contributed by atoms with Crippen LogP contribution in [-0.4, -0.2) is 24.4 Å². The minimum atomic E-state index is -0.350. The van der Waals surface area contributed by atoms with Crippen molar-refractivity contribution in [3.63, 3.8) is 0 Å². The van der Waals surface area contributed by atoms with Crippen molar-refractivity contribution in [1.29, 1.82) is 0 Å². The Bertz CT molecular complexity index is 714. The third-order valence-corrected chi connectivity index (χ3v) is 2.68. The molecule has 0 amide bonds. The highest BCUT2D eigenvalue weighted by molar-refractivity contribution is 5.53. The zero-order chi connectivity index (χ0) is 13.4. The summed E-state index contributed by atoms with van der Waals surface area (Å²) in [5.74, 6) is 0.0606. The molecule has 3 heterocycles. The molecule has 0 saturated heterocycles.